The van der Waals surface area contributed by atoms with Crippen LogP contribution in [-0.4, -0.2) is 70.6 Å². The van der Waals surface area contributed by atoms with E-state index in [-0.39, 0.29) is 24.7 Å². The maximum absolute atomic E-state index is 12.6. The van der Waals surface area contributed by atoms with Crippen molar-refractivity contribution in [1.29, 1.82) is 0 Å². The molecule has 1 amide bonds. The number of hydrogen-bond donors (Lipinski definition) is 1. The number of carbonyl (C=O) groups is 1. The number of piperazine rings is 1. The highest BCUT2D eigenvalue weighted by Crippen LogP contribution is 2.20. The molecular formula is C22H23N5O3S2. The smallest absolute Gasteiger partial charge is 0.236 e. The highest BCUT2D eigenvalue weighted by molar-refractivity contribution is 7.99. The largest absolute Gasteiger partial charge is 0.339 e. The molecule has 1 aliphatic rings. The molecule has 0 atom stereocenters. The number of thioether (sulfide) groups is 1. The van der Waals surface area contributed by atoms with Crippen LogP contribution in [0.2, 0.25) is 0 Å². The molecule has 0 saturated carbocycles. The van der Waals surface area contributed by atoms with Crippen LogP contribution in [0, 0.1) is 0 Å². The Morgan fingerprint density at radius 1 is 1.00 bits per heavy atom. The van der Waals surface area contributed by atoms with Crippen molar-refractivity contribution in [1.82, 2.24) is 24.4 Å². The molecule has 8 nitrogen and oxygen atoms in total. The minimum Gasteiger partial charge on any atom is -0.339 e. The first-order valence-corrected chi connectivity index (χ1v) is 12.6. The molecular weight excluding hydrogens is 446 g/mol. The molecule has 0 spiro atoms. The molecule has 1 aromatic heterocycles. The number of aromatic nitrogens is 3. The second kappa shape index (κ2) is 10.1. The molecule has 0 aliphatic carbocycles. The van der Waals surface area contributed by atoms with Gasteiger partial charge in [0.2, 0.25) is 21.1 Å². The van der Waals surface area contributed by atoms with Gasteiger partial charge in [-0.25, -0.2) is 13.4 Å². The van der Waals surface area contributed by atoms with Crippen LogP contribution in [0.3, 0.4) is 0 Å². The van der Waals surface area contributed by atoms with E-state index in [0.29, 0.717) is 24.1 Å². The average molecular weight is 470 g/mol. The lowest BCUT2D eigenvalue weighted by atomic mass is 10.2. The molecule has 0 unspecified atom stereocenters. The van der Waals surface area contributed by atoms with Gasteiger partial charge in [0.25, 0.3) is 0 Å². The van der Waals surface area contributed by atoms with Gasteiger partial charge in [-0.2, -0.15) is 4.31 Å². The fourth-order valence-electron chi connectivity index (χ4n) is 3.26. The highest BCUT2D eigenvalue weighted by atomic mass is 32.2. The van der Waals surface area contributed by atoms with Gasteiger partial charge in [-0.3, -0.25) is 9.89 Å². The number of amides is 1. The van der Waals surface area contributed by atoms with E-state index in [2.05, 4.69) is 15.2 Å². The molecule has 2 heterocycles. The SMILES string of the molecule is O=C(CSc1n[nH]c(-c2ccccc2)n1)N1CCN(S(=O)(=O)C=Cc2ccccc2)CC1. The van der Waals surface area contributed by atoms with Gasteiger partial charge in [-0.15, -0.1) is 5.10 Å². The number of H-pyrrole nitrogens is 1. The van der Waals surface area contributed by atoms with E-state index < -0.39 is 10.0 Å². The summed E-state index contributed by atoms with van der Waals surface area (Å²) < 4.78 is 26.6. The van der Waals surface area contributed by atoms with Crippen LogP contribution >= 0.6 is 11.8 Å². The Morgan fingerprint density at radius 3 is 2.34 bits per heavy atom. The fraction of sp³-hybridized carbons (Fsp3) is 0.227. The molecule has 3 aromatic rings. The Hall–Kier alpha value is -2.95. The van der Waals surface area contributed by atoms with Crippen LogP contribution in [0.25, 0.3) is 17.5 Å². The lowest BCUT2D eigenvalue weighted by Crippen LogP contribution is -2.50. The van der Waals surface area contributed by atoms with Crippen molar-refractivity contribution in [3.05, 3.63) is 71.6 Å². The maximum atomic E-state index is 12.6. The Balaban J connectivity index is 1.26. The van der Waals surface area contributed by atoms with E-state index in [1.807, 2.05) is 60.7 Å². The van der Waals surface area contributed by atoms with E-state index in [0.717, 1.165) is 11.1 Å². The van der Waals surface area contributed by atoms with Gasteiger partial charge >= 0.3 is 0 Å². The number of aromatic amines is 1. The molecule has 4 rings (SSSR count). The van der Waals surface area contributed by atoms with Gasteiger partial charge in [0.15, 0.2) is 5.82 Å². The molecule has 1 fully saturated rings. The first-order valence-electron chi connectivity index (χ1n) is 10.1. The average Bonchev–Trinajstić information content (AvgIpc) is 3.32. The van der Waals surface area contributed by atoms with Gasteiger partial charge in [-0.05, 0) is 11.6 Å². The maximum Gasteiger partial charge on any atom is 0.236 e. The zero-order valence-corrected chi connectivity index (χ0v) is 18.9. The topological polar surface area (TPSA) is 99.3 Å². The Morgan fingerprint density at radius 2 is 1.66 bits per heavy atom. The van der Waals surface area contributed by atoms with Crippen molar-refractivity contribution < 1.29 is 13.2 Å². The normalized spacial score (nSPS) is 15.3. The number of nitrogens with zero attached hydrogens (tertiary/aromatic N) is 4. The third-order valence-corrected chi connectivity index (χ3v) is 7.42. The minimum atomic E-state index is -3.52. The zero-order valence-electron chi connectivity index (χ0n) is 17.3. The van der Waals surface area contributed by atoms with Gasteiger partial charge in [0, 0.05) is 37.2 Å². The minimum absolute atomic E-state index is 0.0575. The van der Waals surface area contributed by atoms with Gasteiger partial charge in [0.05, 0.1) is 5.75 Å². The lowest BCUT2D eigenvalue weighted by Gasteiger charge is -2.33. The van der Waals surface area contributed by atoms with Crippen molar-refractivity contribution >= 4 is 33.8 Å². The van der Waals surface area contributed by atoms with Crippen LogP contribution in [0.4, 0.5) is 0 Å². The molecule has 1 N–H and O–H groups in total. The number of rotatable bonds is 7. The monoisotopic (exact) mass is 469 g/mol. The highest BCUT2D eigenvalue weighted by Gasteiger charge is 2.27. The predicted octanol–water partition coefficient (Wildman–Crippen LogP) is 2.71. The Labute approximate surface area is 191 Å². The van der Waals surface area contributed by atoms with Crippen molar-refractivity contribution in [2.45, 2.75) is 5.16 Å². The van der Waals surface area contributed by atoms with Crippen LogP contribution in [0.5, 0.6) is 0 Å². The molecule has 10 heteroatoms. The third-order valence-electron chi connectivity index (χ3n) is 5.02. The first-order chi connectivity index (χ1) is 15.5. The number of carbonyl (C=O) groups excluding carboxylic acids is 1. The van der Waals surface area contributed by atoms with Gasteiger partial charge in [0.1, 0.15) is 0 Å². The van der Waals surface area contributed by atoms with Crippen LogP contribution in [0.15, 0.2) is 71.2 Å². The van der Waals surface area contributed by atoms with E-state index >= 15 is 0 Å². The van der Waals surface area contributed by atoms with Gasteiger partial charge in [-0.1, -0.05) is 72.4 Å². The second-order valence-corrected chi connectivity index (χ2v) is 9.92. The van der Waals surface area contributed by atoms with Crippen molar-refractivity contribution in [2.75, 3.05) is 31.9 Å². The Bertz CT molecular complexity index is 1170. The van der Waals surface area contributed by atoms with E-state index in [1.165, 1.54) is 21.5 Å². The summed E-state index contributed by atoms with van der Waals surface area (Å²) in [7, 11) is -3.52. The van der Waals surface area contributed by atoms with Gasteiger partial charge < -0.3 is 4.90 Å². The van der Waals surface area contributed by atoms with Crippen LogP contribution in [-0.2, 0) is 14.8 Å². The van der Waals surface area contributed by atoms with Crippen molar-refractivity contribution in [3.8, 4) is 11.4 Å². The number of sulfonamides is 1. The zero-order chi connectivity index (χ0) is 22.4. The molecule has 0 bridgehead atoms. The molecule has 1 saturated heterocycles. The Kier molecular flexibility index (Phi) is 7.03. The summed E-state index contributed by atoms with van der Waals surface area (Å²) in [5.74, 6) is 0.799. The predicted molar refractivity (Wildman–Crippen MR) is 125 cm³/mol. The molecule has 32 heavy (non-hydrogen) atoms. The summed E-state index contributed by atoms with van der Waals surface area (Å²) >= 11 is 1.26. The summed E-state index contributed by atoms with van der Waals surface area (Å²) in [5, 5.41) is 8.77. The standard InChI is InChI=1S/C22H23N5O3S2/c28-20(17-31-22-23-21(24-25-22)19-9-5-2-6-10-19)26-12-14-27(15-13-26)32(29,30)16-11-18-7-3-1-4-8-18/h1-11,16H,12-15,17H2,(H,23,24,25). The van der Waals surface area contributed by atoms with E-state index in [1.54, 1.807) is 11.0 Å². The number of benzene rings is 2. The van der Waals surface area contributed by atoms with E-state index in [9.17, 15) is 13.2 Å². The lowest BCUT2D eigenvalue weighted by molar-refractivity contribution is -0.129. The van der Waals surface area contributed by atoms with E-state index in [4.69, 9.17) is 0 Å². The summed E-state index contributed by atoms with van der Waals surface area (Å²) in [5.41, 5.74) is 1.75. The third kappa shape index (κ3) is 5.64. The number of hydrogen-bond acceptors (Lipinski definition) is 6. The van der Waals surface area contributed by atoms with Crippen LogP contribution < -0.4 is 0 Å². The van der Waals surface area contributed by atoms with Crippen LogP contribution in [0.1, 0.15) is 5.56 Å². The summed E-state index contributed by atoms with van der Waals surface area (Å²) in [6.07, 6.45) is 1.59. The van der Waals surface area contributed by atoms with Crippen molar-refractivity contribution in [2.24, 2.45) is 0 Å². The summed E-state index contributed by atoms with van der Waals surface area (Å²) in [4.78, 5) is 18.7. The molecule has 0 radical (unpaired) electrons. The number of nitrogens with one attached hydrogen (secondary N) is 1. The van der Waals surface area contributed by atoms with Crippen molar-refractivity contribution in [3.63, 3.8) is 0 Å². The molecule has 166 valence electrons. The molecule has 2 aromatic carbocycles. The summed E-state index contributed by atoms with van der Waals surface area (Å²) in [6, 6.07) is 18.9. The second-order valence-electron chi connectivity index (χ2n) is 7.16. The summed E-state index contributed by atoms with van der Waals surface area (Å²) in [6.45, 7) is 1.27. The first kappa shape index (κ1) is 22.3. The fourth-order valence-corrected chi connectivity index (χ4v) is 5.14. The quantitative estimate of drug-likeness (QED) is 0.534. The molecule has 1 aliphatic heterocycles.